The van der Waals surface area contributed by atoms with Crippen LogP contribution in [0.25, 0.3) is 0 Å². The van der Waals surface area contributed by atoms with Gasteiger partial charge in [0.1, 0.15) is 0 Å². The second-order valence-corrected chi connectivity index (χ2v) is 3.34. The van der Waals surface area contributed by atoms with Crippen LogP contribution in [0.3, 0.4) is 0 Å². The van der Waals surface area contributed by atoms with Crippen molar-refractivity contribution in [2.24, 2.45) is 0 Å². The van der Waals surface area contributed by atoms with E-state index in [2.05, 4.69) is 16.0 Å². The molecule has 0 bridgehead atoms. The van der Waals surface area contributed by atoms with Crippen molar-refractivity contribution < 1.29 is 4.79 Å². The summed E-state index contributed by atoms with van der Waals surface area (Å²) in [5, 5.41) is 9.00. The lowest BCUT2D eigenvalue weighted by Gasteiger charge is -2.33. The molecular weight excluding hydrogens is 142 g/mol. The molecule has 0 aromatic rings. The van der Waals surface area contributed by atoms with Crippen LogP contribution in [-0.4, -0.2) is 31.2 Å². The molecular formula is C7H13N3O. The number of nitrogens with one attached hydrogen (secondary N) is 3. The van der Waals surface area contributed by atoms with Gasteiger partial charge in [-0.15, -0.1) is 0 Å². The molecule has 4 nitrogen and oxygen atoms in total. The summed E-state index contributed by atoms with van der Waals surface area (Å²) in [6.07, 6.45) is 2.12. The van der Waals surface area contributed by atoms with E-state index in [1.807, 2.05) is 0 Å². The lowest BCUT2D eigenvalue weighted by Crippen LogP contribution is -2.59. The lowest BCUT2D eigenvalue weighted by molar-refractivity contribution is 0.211. The number of urea groups is 1. The minimum atomic E-state index is -0.0139. The fraction of sp³-hybridized carbons (Fsp3) is 0.857. The highest BCUT2D eigenvalue weighted by Gasteiger charge is 2.37. The van der Waals surface area contributed by atoms with Gasteiger partial charge in [-0.25, -0.2) is 4.79 Å². The van der Waals surface area contributed by atoms with E-state index < -0.39 is 0 Å². The van der Waals surface area contributed by atoms with Gasteiger partial charge in [0.15, 0.2) is 0 Å². The molecule has 62 valence electrons. The molecule has 0 aromatic heterocycles. The van der Waals surface area contributed by atoms with Crippen LogP contribution in [0.5, 0.6) is 0 Å². The molecule has 2 amide bonds. The fourth-order valence-corrected chi connectivity index (χ4v) is 1.83. The van der Waals surface area contributed by atoms with E-state index in [0.29, 0.717) is 0 Å². The summed E-state index contributed by atoms with van der Waals surface area (Å²) in [6, 6.07) is -0.0139. The van der Waals surface area contributed by atoms with Crippen LogP contribution in [-0.2, 0) is 0 Å². The van der Waals surface area contributed by atoms with Gasteiger partial charge in [-0.2, -0.15) is 0 Å². The largest absolute Gasteiger partial charge is 0.338 e. The summed E-state index contributed by atoms with van der Waals surface area (Å²) in [4.78, 5) is 11.0. The van der Waals surface area contributed by atoms with E-state index in [9.17, 15) is 4.79 Å². The molecule has 2 fully saturated rings. The average molecular weight is 155 g/mol. The maximum absolute atomic E-state index is 11.0. The van der Waals surface area contributed by atoms with Crippen molar-refractivity contribution in [3.63, 3.8) is 0 Å². The Morgan fingerprint density at radius 1 is 1.27 bits per heavy atom. The first kappa shape index (κ1) is 6.91. The zero-order valence-electron chi connectivity index (χ0n) is 6.44. The molecule has 2 aliphatic rings. The number of hydrogen-bond acceptors (Lipinski definition) is 2. The van der Waals surface area contributed by atoms with E-state index in [1.54, 1.807) is 0 Å². The number of carbonyl (C=O) groups excluding carboxylic acids is 1. The molecule has 4 heteroatoms. The summed E-state index contributed by atoms with van der Waals surface area (Å²) < 4.78 is 0. The van der Waals surface area contributed by atoms with Gasteiger partial charge in [-0.05, 0) is 19.4 Å². The predicted octanol–water partition coefficient (Wildman–Crippen LogP) is -0.579. The van der Waals surface area contributed by atoms with Crippen LogP contribution in [0.1, 0.15) is 12.8 Å². The topological polar surface area (TPSA) is 53.2 Å². The van der Waals surface area contributed by atoms with E-state index in [1.165, 1.54) is 0 Å². The van der Waals surface area contributed by atoms with Crippen molar-refractivity contribution in [1.82, 2.24) is 16.0 Å². The lowest BCUT2D eigenvalue weighted by atomic mass is 9.93. The van der Waals surface area contributed by atoms with Gasteiger partial charge < -0.3 is 16.0 Å². The minimum Gasteiger partial charge on any atom is -0.338 e. The first-order chi connectivity index (χ1) is 5.31. The Bertz CT molecular complexity index is 175. The van der Waals surface area contributed by atoms with Gasteiger partial charge in [0.2, 0.25) is 0 Å². The maximum atomic E-state index is 11.0. The third-order valence-corrected chi connectivity index (χ3v) is 2.51. The van der Waals surface area contributed by atoms with Crippen molar-refractivity contribution >= 4 is 6.03 Å². The van der Waals surface area contributed by atoms with Crippen LogP contribution >= 0.6 is 0 Å². The van der Waals surface area contributed by atoms with Gasteiger partial charge in [0, 0.05) is 13.1 Å². The molecule has 2 rings (SSSR count). The van der Waals surface area contributed by atoms with Gasteiger partial charge in [0.05, 0.1) is 5.54 Å². The van der Waals surface area contributed by atoms with Crippen LogP contribution in [0.4, 0.5) is 4.79 Å². The van der Waals surface area contributed by atoms with Crippen LogP contribution in [0.15, 0.2) is 0 Å². The normalized spacial score (nSPS) is 36.9. The van der Waals surface area contributed by atoms with Crippen molar-refractivity contribution in [3.05, 3.63) is 0 Å². The molecule has 2 saturated heterocycles. The van der Waals surface area contributed by atoms with Crippen LogP contribution in [0.2, 0.25) is 0 Å². The Balaban J connectivity index is 2.05. The molecule has 11 heavy (non-hydrogen) atoms. The van der Waals surface area contributed by atoms with E-state index in [0.717, 1.165) is 32.5 Å². The van der Waals surface area contributed by atoms with E-state index in [4.69, 9.17) is 0 Å². The molecule has 1 unspecified atom stereocenters. The standard InChI is InChI=1S/C7H13N3O/c11-6-9-4-2-7(10-6)1-3-8-5-7/h8H,1-5H2,(H2,9,10,11). The summed E-state index contributed by atoms with van der Waals surface area (Å²) in [7, 11) is 0. The quantitative estimate of drug-likeness (QED) is 0.438. The first-order valence-corrected chi connectivity index (χ1v) is 4.08. The molecule has 1 atom stereocenters. The average Bonchev–Trinajstić information content (AvgIpc) is 2.37. The number of hydrogen-bond donors (Lipinski definition) is 3. The highest BCUT2D eigenvalue weighted by Crippen LogP contribution is 2.20. The SMILES string of the molecule is O=C1NCCC2(CCNC2)N1. The van der Waals surface area contributed by atoms with Gasteiger partial charge in [0.25, 0.3) is 0 Å². The summed E-state index contributed by atoms with van der Waals surface area (Å²) in [5.74, 6) is 0. The third-order valence-electron chi connectivity index (χ3n) is 2.51. The molecule has 2 aliphatic heterocycles. The molecule has 0 radical (unpaired) electrons. The number of rotatable bonds is 0. The summed E-state index contributed by atoms with van der Waals surface area (Å²) >= 11 is 0. The van der Waals surface area contributed by atoms with E-state index >= 15 is 0 Å². The third kappa shape index (κ3) is 1.18. The van der Waals surface area contributed by atoms with Crippen LogP contribution in [0, 0.1) is 0 Å². The Labute approximate surface area is 65.7 Å². The van der Waals surface area contributed by atoms with E-state index in [-0.39, 0.29) is 11.6 Å². The fourth-order valence-electron chi connectivity index (χ4n) is 1.83. The molecule has 0 saturated carbocycles. The summed E-state index contributed by atoms with van der Waals surface area (Å²) in [6.45, 7) is 2.77. The van der Waals surface area contributed by atoms with Crippen LogP contribution < -0.4 is 16.0 Å². The minimum absolute atomic E-state index is 0.0139. The highest BCUT2D eigenvalue weighted by atomic mass is 16.2. The Hall–Kier alpha value is -0.770. The zero-order chi connectivity index (χ0) is 7.73. The monoisotopic (exact) mass is 155 g/mol. The highest BCUT2D eigenvalue weighted by molar-refractivity contribution is 5.75. The molecule has 0 aliphatic carbocycles. The van der Waals surface area contributed by atoms with Gasteiger partial charge in [-0.3, -0.25) is 0 Å². The van der Waals surface area contributed by atoms with Gasteiger partial charge >= 0.3 is 6.03 Å². The van der Waals surface area contributed by atoms with Gasteiger partial charge in [-0.1, -0.05) is 0 Å². The smallest absolute Gasteiger partial charge is 0.315 e. The Kier molecular flexibility index (Phi) is 1.49. The number of carbonyl (C=O) groups is 1. The Morgan fingerprint density at radius 2 is 2.09 bits per heavy atom. The zero-order valence-corrected chi connectivity index (χ0v) is 6.44. The first-order valence-electron chi connectivity index (χ1n) is 4.08. The summed E-state index contributed by atoms with van der Waals surface area (Å²) in [5.41, 5.74) is 0.0718. The second kappa shape index (κ2) is 2.37. The number of amides is 2. The Morgan fingerprint density at radius 3 is 2.73 bits per heavy atom. The van der Waals surface area contributed by atoms with Crippen molar-refractivity contribution in [2.75, 3.05) is 19.6 Å². The molecule has 3 N–H and O–H groups in total. The maximum Gasteiger partial charge on any atom is 0.315 e. The van der Waals surface area contributed by atoms with Crippen molar-refractivity contribution in [2.45, 2.75) is 18.4 Å². The van der Waals surface area contributed by atoms with Crippen molar-refractivity contribution in [1.29, 1.82) is 0 Å². The second-order valence-electron chi connectivity index (χ2n) is 3.34. The molecule has 1 spiro atoms. The van der Waals surface area contributed by atoms with Crippen molar-refractivity contribution in [3.8, 4) is 0 Å². The molecule has 2 heterocycles. The predicted molar refractivity (Wildman–Crippen MR) is 41.4 cm³/mol. The molecule has 0 aromatic carbocycles.